The van der Waals surface area contributed by atoms with Crippen LogP contribution in [0.25, 0.3) is 10.8 Å². The number of rotatable bonds is 9. The number of carbonyl (C=O) groups excluding carboxylic acids is 3. The second-order valence-electron chi connectivity index (χ2n) is 10.8. The number of halogens is 1. The van der Waals surface area contributed by atoms with E-state index in [1.807, 2.05) is 60.7 Å². The molecule has 0 atom stereocenters. The van der Waals surface area contributed by atoms with Crippen LogP contribution in [-0.2, 0) is 16.0 Å². The van der Waals surface area contributed by atoms with Gasteiger partial charge in [0.15, 0.2) is 11.0 Å². The number of carbonyl (C=O) groups is 3. The minimum absolute atomic E-state index is 0.0117. The Kier molecular flexibility index (Phi) is 9.51. The summed E-state index contributed by atoms with van der Waals surface area (Å²) in [6.45, 7) is 1.29. The van der Waals surface area contributed by atoms with Crippen LogP contribution in [0, 0.1) is 0 Å². The Morgan fingerprint density at radius 3 is 2.40 bits per heavy atom. The molecular weight excluding hydrogens is 566 g/mol. The lowest BCUT2D eigenvalue weighted by Gasteiger charge is -2.25. The van der Waals surface area contributed by atoms with Gasteiger partial charge in [0.05, 0.1) is 6.54 Å². The van der Waals surface area contributed by atoms with Gasteiger partial charge >= 0.3 is 5.97 Å². The van der Waals surface area contributed by atoms with E-state index in [1.54, 1.807) is 18.0 Å². The second-order valence-corrected chi connectivity index (χ2v) is 11.2. The number of nitrogens with zero attached hydrogens (tertiary/aromatic N) is 3. The average molecular weight is 600 g/mol. The van der Waals surface area contributed by atoms with Crippen molar-refractivity contribution in [2.45, 2.75) is 51.5 Å². The van der Waals surface area contributed by atoms with Crippen LogP contribution in [0.3, 0.4) is 0 Å². The molecule has 1 aliphatic carbocycles. The Labute approximate surface area is 255 Å². The van der Waals surface area contributed by atoms with Crippen LogP contribution in [0.4, 0.5) is 11.5 Å². The molecule has 0 unspecified atom stereocenters. The fourth-order valence-electron chi connectivity index (χ4n) is 5.26. The molecule has 2 amide bonds. The smallest absolute Gasteiger partial charge is 0.308 e. The third kappa shape index (κ3) is 7.87. The third-order valence-electron chi connectivity index (χ3n) is 7.40. The molecule has 9 nitrogen and oxygen atoms in total. The highest BCUT2D eigenvalue weighted by Gasteiger charge is 2.23. The molecule has 1 aromatic heterocycles. The number of hydrogen-bond donors (Lipinski definition) is 2. The lowest BCUT2D eigenvalue weighted by Crippen LogP contribution is -2.42. The van der Waals surface area contributed by atoms with E-state index in [1.165, 1.54) is 13.3 Å². The molecule has 1 aliphatic rings. The van der Waals surface area contributed by atoms with E-state index in [0.717, 1.165) is 42.0 Å². The summed E-state index contributed by atoms with van der Waals surface area (Å²) in [4.78, 5) is 48.0. The Bertz CT molecular complexity index is 1640. The van der Waals surface area contributed by atoms with E-state index in [4.69, 9.17) is 16.3 Å². The van der Waals surface area contributed by atoms with Gasteiger partial charge in [0, 0.05) is 37.7 Å². The summed E-state index contributed by atoms with van der Waals surface area (Å²) in [5.41, 5.74) is 2.10. The number of aromatic nitrogens is 2. The molecule has 0 spiro atoms. The molecule has 1 fully saturated rings. The van der Waals surface area contributed by atoms with E-state index in [0.29, 0.717) is 23.5 Å². The molecule has 1 saturated carbocycles. The lowest BCUT2D eigenvalue weighted by molar-refractivity contribution is -0.131. The number of ether oxygens (including phenoxy) is 1. The number of nitrogens with one attached hydrogen (secondary N) is 2. The van der Waals surface area contributed by atoms with Crippen LogP contribution in [0.5, 0.6) is 5.75 Å². The van der Waals surface area contributed by atoms with Crippen molar-refractivity contribution in [1.82, 2.24) is 15.3 Å². The standard InChI is InChI=1S/C33H34ClN5O4/c1-21(40)43-30-31(34)37-28(38-32(30)39(2)20-29(41)35-26-10-4-3-5-11-26)18-22-12-16-27(17-13-22)36-33(42)25-15-14-23-8-6-7-9-24(23)19-25/h6-9,12-17,19,26H,3-5,10-11,18,20H2,1-2H3,(H,35,41)(H,36,42). The number of anilines is 2. The molecular formula is C33H34ClN5O4. The van der Waals surface area contributed by atoms with Crippen molar-refractivity contribution in [2.24, 2.45) is 0 Å². The monoisotopic (exact) mass is 599 g/mol. The first-order valence-electron chi connectivity index (χ1n) is 14.4. The van der Waals surface area contributed by atoms with Crippen LogP contribution in [-0.4, -0.2) is 47.4 Å². The topological polar surface area (TPSA) is 114 Å². The van der Waals surface area contributed by atoms with Gasteiger partial charge in [0.1, 0.15) is 5.82 Å². The van der Waals surface area contributed by atoms with Gasteiger partial charge < -0.3 is 20.3 Å². The first-order valence-corrected chi connectivity index (χ1v) is 14.8. The van der Waals surface area contributed by atoms with Crippen molar-refractivity contribution in [2.75, 3.05) is 23.8 Å². The van der Waals surface area contributed by atoms with Gasteiger partial charge in [0.25, 0.3) is 5.91 Å². The predicted molar refractivity (Wildman–Crippen MR) is 168 cm³/mol. The Hall–Kier alpha value is -4.50. The molecule has 43 heavy (non-hydrogen) atoms. The number of esters is 1. The number of likely N-dealkylation sites (N-methyl/N-ethyl adjacent to an activating group) is 1. The summed E-state index contributed by atoms with van der Waals surface area (Å²) in [5, 5.41) is 8.08. The molecule has 5 rings (SSSR count). The molecule has 222 valence electrons. The number of benzene rings is 3. The summed E-state index contributed by atoms with van der Waals surface area (Å²) in [6, 6.07) is 21.0. The Morgan fingerprint density at radius 2 is 1.67 bits per heavy atom. The van der Waals surface area contributed by atoms with Crippen molar-refractivity contribution < 1.29 is 19.1 Å². The molecule has 10 heteroatoms. The van der Waals surface area contributed by atoms with Crippen molar-refractivity contribution in [3.05, 3.63) is 88.8 Å². The van der Waals surface area contributed by atoms with E-state index < -0.39 is 5.97 Å². The summed E-state index contributed by atoms with van der Waals surface area (Å²) in [5.74, 6) is -0.249. The highest BCUT2D eigenvalue weighted by Crippen LogP contribution is 2.33. The molecule has 0 aliphatic heterocycles. The predicted octanol–water partition coefficient (Wildman–Crippen LogP) is 5.94. The highest BCUT2D eigenvalue weighted by molar-refractivity contribution is 6.31. The van der Waals surface area contributed by atoms with Crippen molar-refractivity contribution in [3.8, 4) is 5.75 Å². The molecule has 1 heterocycles. The normalized spacial score (nSPS) is 13.4. The van der Waals surface area contributed by atoms with Gasteiger partial charge in [-0.25, -0.2) is 9.97 Å². The minimum atomic E-state index is -0.569. The lowest BCUT2D eigenvalue weighted by atomic mass is 9.95. The maximum atomic E-state index is 12.9. The maximum Gasteiger partial charge on any atom is 0.308 e. The fourth-order valence-corrected chi connectivity index (χ4v) is 5.48. The Balaban J connectivity index is 1.28. The van der Waals surface area contributed by atoms with Crippen LogP contribution in [0.2, 0.25) is 5.15 Å². The molecule has 3 aromatic carbocycles. The van der Waals surface area contributed by atoms with Crippen molar-refractivity contribution >= 4 is 51.7 Å². The fraction of sp³-hybridized carbons (Fsp3) is 0.303. The summed E-state index contributed by atoms with van der Waals surface area (Å²) >= 11 is 6.46. The van der Waals surface area contributed by atoms with E-state index in [2.05, 4.69) is 20.6 Å². The van der Waals surface area contributed by atoms with Gasteiger partial charge in [-0.15, -0.1) is 0 Å². The van der Waals surface area contributed by atoms with E-state index in [9.17, 15) is 14.4 Å². The van der Waals surface area contributed by atoms with Gasteiger partial charge in [-0.2, -0.15) is 0 Å². The van der Waals surface area contributed by atoms with Gasteiger partial charge in [-0.05, 0) is 53.4 Å². The molecule has 0 saturated heterocycles. The van der Waals surface area contributed by atoms with Gasteiger partial charge in [-0.3, -0.25) is 14.4 Å². The van der Waals surface area contributed by atoms with Crippen LogP contribution >= 0.6 is 11.6 Å². The number of fused-ring (bicyclic) bond motifs is 1. The molecule has 0 bridgehead atoms. The minimum Gasteiger partial charge on any atom is -0.419 e. The zero-order valence-electron chi connectivity index (χ0n) is 24.2. The third-order valence-corrected chi connectivity index (χ3v) is 7.65. The van der Waals surface area contributed by atoms with Crippen molar-refractivity contribution in [3.63, 3.8) is 0 Å². The second kappa shape index (κ2) is 13.6. The summed E-state index contributed by atoms with van der Waals surface area (Å²) in [7, 11) is 1.70. The summed E-state index contributed by atoms with van der Waals surface area (Å²) < 4.78 is 5.34. The first-order chi connectivity index (χ1) is 20.7. The van der Waals surface area contributed by atoms with Crippen LogP contribution in [0.15, 0.2) is 66.7 Å². The zero-order chi connectivity index (χ0) is 30.3. The van der Waals surface area contributed by atoms with E-state index >= 15 is 0 Å². The molecule has 0 radical (unpaired) electrons. The largest absolute Gasteiger partial charge is 0.419 e. The zero-order valence-corrected chi connectivity index (χ0v) is 25.0. The molecule has 2 N–H and O–H groups in total. The highest BCUT2D eigenvalue weighted by atomic mass is 35.5. The van der Waals surface area contributed by atoms with E-state index in [-0.39, 0.29) is 41.1 Å². The average Bonchev–Trinajstić information content (AvgIpc) is 2.99. The SMILES string of the molecule is CC(=O)Oc1c(Cl)nc(Cc2ccc(NC(=O)c3ccc4ccccc4c3)cc2)nc1N(C)CC(=O)NC1CCCCC1. The Morgan fingerprint density at radius 1 is 0.953 bits per heavy atom. The van der Waals surface area contributed by atoms with Gasteiger partial charge in [0.2, 0.25) is 11.7 Å². The van der Waals surface area contributed by atoms with Crippen molar-refractivity contribution in [1.29, 1.82) is 0 Å². The van der Waals surface area contributed by atoms with Crippen LogP contribution in [0.1, 0.15) is 60.8 Å². The number of amides is 2. The number of hydrogen-bond acceptors (Lipinski definition) is 7. The summed E-state index contributed by atoms with van der Waals surface area (Å²) in [6.07, 6.45) is 5.70. The quantitative estimate of drug-likeness (QED) is 0.181. The first kappa shape index (κ1) is 30.0. The van der Waals surface area contributed by atoms with Crippen LogP contribution < -0.4 is 20.3 Å². The molecule has 4 aromatic rings. The maximum absolute atomic E-state index is 12.9. The van der Waals surface area contributed by atoms with Gasteiger partial charge in [-0.1, -0.05) is 73.3 Å².